The summed E-state index contributed by atoms with van der Waals surface area (Å²) in [5.74, 6) is -0.519. The molecule has 2 atom stereocenters. The lowest BCUT2D eigenvalue weighted by molar-refractivity contribution is -0.0804. The smallest absolute Gasteiger partial charge is 0.212 e. The molecule has 2 aliphatic heterocycles. The van der Waals surface area contributed by atoms with Crippen LogP contribution in [0.15, 0.2) is 18.3 Å². The summed E-state index contributed by atoms with van der Waals surface area (Å²) >= 11 is 0. The molecule has 0 aliphatic carbocycles. The molecular formula is C12H15FN2O2. The summed E-state index contributed by atoms with van der Waals surface area (Å²) in [7, 11) is 0. The van der Waals surface area contributed by atoms with E-state index in [-0.39, 0.29) is 12.1 Å². The van der Waals surface area contributed by atoms with Gasteiger partial charge in [0, 0.05) is 23.8 Å². The summed E-state index contributed by atoms with van der Waals surface area (Å²) < 4.78 is 18.2. The van der Waals surface area contributed by atoms with Gasteiger partial charge in [-0.3, -0.25) is 0 Å². The summed E-state index contributed by atoms with van der Waals surface area (Å²) in [6.45, 7) is 1.24. The minimum absolute atomic E-state index is 0.164. The quantitative estimate of drug-likeness (QED) is 0.702. The zero-order chi connectivity index (χ0) is 11.9. The predicted octanol–water partition coefficient (Wildman–Crippen LogP) is 0.559. The van der Waals surface area contributed by atoms with Crippen molar-refractivity contribution in [2.24, 2.45) is 0 Å². The second-order valence-corrected chi connectivity index (χ2v) is 4.91. The van der Waals surface area contributed by atoms with E-state index in [0.717, 1.165) is 0 Å². The zero-order valence-corrected chi connectivity index (χ0v) is 9.40. The Morgan fingerprint density at radius 2 is 2.06 bits per heavy atom. The van der Waals surface area contributed by atoms with Crippen LogP contribution in [0.3, 0.4) is 0 Å². The fourth-order valence-corrected chi connectivity index (χ4v) is 2.80. The van der Waals surface area contributed by atoms with Crippen molar-refractivity contribution in [3.63, 3.8) is 0 Å². The molecule has 1 aromatic heterocycles. The van der Waals surface area contributed by atoms with Crippen LogP contribution >= 0.6 is 0 Å². The fourth-order valence-electron chi connectivity index (χ4n) is 2.80. The van der Waals surface area contributed by atoms with Gasteiger partial charge in [0.05, 0.1) is 18.8 Å². The summed E-state index contributed by atoms with van der Waals surface area (Å²) in [6.07, 6.45) is 2.59. The van der Waals surface area contributed by atoms with Gasteiger partial charge in [-0.1, -0.05) is 6.07 Å². The van der Waals surface area contributed by atoms with Crippen LogP contribution in [-0.4, -0.2) is 35.4 Å². The van der Waals surface area contributed by atoms with Crippen LogP contribution in [0, 0.1) is 5.95 Å². The number of hydrogen-bond acceptors (Lipinski definition) is 4. The highest BCUT2D eigenvalue weighted by molar-refractivity contribution is 5.21. The lowest BCUT2D eigenvalue weighted by atomic mass is 9.79. The minimum atomic E-state index is -0.912. The number of nitrogens with zero attached hydrogens (tertiary/aromatic N) is 1. The van der Waals surface area contributed by atoms with E-state index in [2.05, 4.69) is 10.3 Å². The molecule has 2 aliphatic rings. The number of fused-ring (bicyclic) bond motifs is 2. The van der Waals surface area contributed by atoms with E-state index in [4.69, 9.17) is 4.74 Å². The van der Waals surface area contributed by atoms with Crippen LogP contribution in [0.4, 0.5) is 4.39 Å². The molecule has 0 aromatic carbocycles. The molecule has 3 rings (SSSR count). The predicted molar refractivity (Wildman–Crippen MR) is 58.9 cm³/mol. The SMILES string of the molecule is OC1(c2ccc(F)nc2)CC2COCC(C1)N2. The number of pyridine rings is 1. The highest BCUT2D eigenvalue weighted by Gasteiger charge is 2.42. The molecule has 92 valence electrons. The number of hydrogen-bond donors (Lipinski definition) is 2. The number of rotatable bonds is 1. The first-order valence-electron chi connectivity index (χ1n) is 5.84. The molecule has 4 nitrogen and oxygen atoms in total. The zero-order valence-electron chi connectivity index (χ0n) is 9.40. The highest BCUT2D eigenvalue weighted by Crippen LogP contribution is 2.36. The molecule has 2 unspecified atom stereocenters. The van der Waals surface area contributed by atoms with Crippen LogP contribution in [0.5, 0.6) is 0 Å². The van der Waals surface area contributed by atoms with Gasteiger partial charge in [-0.25, -0.2) is 4.98 Å². The summed E-state index contributed by atoms with van der Waals surface area (Å²) in [4.78, 5) is 3.62. The number of aliphatic hydroxyl groups is 1. The third-order valence-corrected chi connectivity index (χ3v) is 3.54. The number of morpholine rings is 1. The summed E-state index contributed by atoms with van der Waals surface area (Å²) in [5, 5.41) is 14.1. The van der Waals surface area contributed by atoms with E-state index < -0.39 is 11.5 Å². The molecule has 3 heterocycles. The van der Waals surface area contributed by atoms with Crippen molar-refractivity contribution in [3.8, 4) is 0 Å². The monoisotopic (exact) mass is 238 g/mol. The maximum atomic E-state index is 12.8. The van der Waals surface area contributed by atoms with E-state index in [9.17, 15) is 9.50 Å². The van der Waals surface area contributed by atoms with E-state index >= 15 is 0 Å². The summed E-state index contributed by atoms with van der Waals surface area (Å²) in [6, 6.07) is 3.24. The van der Waals surface area contributed by atoms with Gasteiger partial charge in [-0.15, -0.1) is 0 Å². The topological polar surface area (TPSA) is 54.4 Å². The second kappa shape index (κ2) is 4.01. The standard InChI is InChI=1S/C12H15FN2O2/c13-11-2-1-8(5-14-11)12(16)3-9-6-17-7-10(4-12)15-9/h1-2,5,9-10,15-16H,3-4,6-7H2. The average Bonchev–Trinajstić information content (AvgIpc) is 2.29. The second-order valence-electron chi connectivity index (χ2n) is 4.91. The number of piperidine rings is 1. The van der Waals surface area contributed by atoms with Gasteiger partial charge < -0.3 is 15.2 Å². The van der Waals surface area contributed by atoms with Gasteiger partial charge in [0.2, 0.25) is 5.95 Å². The van der Waals surface area contributed by atoms with Crippen molar-refractivity contribution in [2.45, 2.75) is 30.5 Å². The molecule has 0 saturated carbocycles. The normalized spacial score (nSPS) is 36.8. The molecule has 2 N–H and O–H groups in total. The van der Waals surface area contributed by atoms with Crippen molar-refractivity contribution in [2.75, 3.05) is 13.2 Å². The Morgan fingerprint density at radius 1 is 1.35 bits per heavy atom. The largest absolute Gasteiger partial charge is 0.385 e. The molecule has 2 saturated heterocycles. The molecule has 2 bridgehead atoms. The Bertz CT molecular complexity index is 397. The molecule has 5 heteroatoms. The lowest BCUT2D eigenvalue weighted by Crippen LogP contribution is -2.58. The van der Waals surface area contributed by atoms with E-state index in [0.29, 0.717) is 31.6 Å². The van der Waals surface area contributed by atoms with Crippen LogP contribution in [0.2, 0.25) is 0 Å². The van der Waals surface area contributed by atoms with Gasteiger partial charge in [-0.05, 0) is 18.9 Å². The number of aromatic nitrogens is 1. The Labute approximate surface area is 98.8 Å². The first-order chi connectivity index (χ1) is 8.16. The Hall–Kier alpha value is -1.04. The van der Waals surface area contributed by atoms with Gasteiger partial charge in [0.25, 0.3) is 0 Å². The van der Waals surface area contributed by atoms with E-state index in [1.807, 2.05) is 0 Å². The van der Waals surface area contributed by atoms with Gasteiger partial charge in [0.15, 0.2) is 0 Å². The molecule has 2 fully saturated rings. The number of halogens is 1. The van der Waals surface area contributed by atoms with Crippen LogP contribution in [-0.2, 0) is 10.3 Å². The van der Waals surface area contributed by atoms with E-state index in [1.54, 1.807) is 6.07 Å². The average molecular weight is 238 g/mol. The first-order valence-corrected chi connectivity index (χ1v) is 5.84. The van der Waals surface area contributed by atoms with Crippen molar-refractivity contribution >= 4 is 0 Å². The highest BCUT2D eigenvalue weighted by atomic mass is 19.1. The third-order valence-electron chi connectivity index (χ3n) is 3.54. The fraction of sp³-hybridized carbons (Fsp3) is 0.583. The maximum Gasteiger partial charge on any atom is 0.212 e. The van der Waals surface area contributed by atoms with Crippen molar-refractivity contribution in [1.82, 2.24) is 10.3 Å². The van der Waals surface area contributed by atoms with Gasteiger partial charge in [0.1, 0.15) is 0 Å². The molecule has 17 heavy (non-hydrogen) atoms. The maximum absolute atomic E-state index is 12.8. The molecule has 0 radical (unpaired) electrons. The van der Waals surface area contributed by atoms with Gasteiger partial charge >= 0.3 is 0 Å². The third kappa shape index (κ3) is 2.06. The van der Waals surface area contributed by atoms with Crippen LogP contribution in [0.1, 0.15) is 18.4 Å². The Morgan fingerprint density at radius 3 is 2.65 bits per heavy atom. The first kappa shape index (κ1) is 11.1. The Balaban J connectivity index is 1.87. The van der Waals surface area contributed by atoms with Crippen molar-refractivity contribution in [3.05, 3.63) is 29.8 Å². The van der Waals surface area contributed by atoms with Crippen molar-refractivity contribution < 1.29 is 14.2 Å². The number of nitrogens with one attached hydrogen (secondary N) is 1. The molecule has 0 spiro atoms. The van der Waals surface area contributed by atoms with Crippen LogP contribution < -0.4 is 5.32 Å². The molecule has 0 amide bonds. The van der Waals surface area contributed by atoms with E-state index in [1.165, 1.54) is 12.3 Å². The lowest BCUT2D eigenvalue weighted by Gasteiger charge is -2.45. The summed E-state index contributed by atoms with van der Waals surface area (Å²) in [5.41, 5.74) is -0.220. The number of ether oxygens (including phenoxy) is 1. The van der Waals surface area contributed by atoms with Gasteiger partial charge in [-0.2, -0.15) is 4.39 Å². The molecule has 1 aromatic rings. The molecular weight excluding hydrogens is 223 g/mol. The Kier molecular flexibility index (Phi) is 2.61. The minimum Gasteiger partial charge on any atom is -0.385 e. The van der Waals surface area contributed by atoms with Crippen LogP contribution in [0.25, 0.3) is 0 Å². The van der Waals surface area contributed by atoms with Crippen molar-refractivity contribution in [1.29, 1.82) is 0 Å².